The van der Waals surface area contributed by atoms with Crippen LogP contribution in [-0.2, 0) is 4.79 Å². The van der Waals surface area contributed by atoms with Crippen molar-refractivity contribution in [3.63, 3.8) is 0 Å². The summed E-state index contributed by atoms with van der Waals surface area (Å²) in [5.41, 5.74) is 8.91. The van der Waals surface area contributed by atoms with E-state index in [0.29, 0.717) is 11.4 Å². The number of aryl methyl sites for hydroxylation is 2. The van der Waals surface area contributed by atoms with Crippen LogP contribution in [0.5, 0.6) is 0 Å². The Kier molecular flexibility index (Phi) is 4.11. The molecule has 2 aromatic rings. The van der Waals surface area contributed by atoms with Gasteiger partial charge in [0.25, 0.3) is 0 Å². The monoisotopic (exact) mass is 276 g/mol. The summed E-state index contributed by atoms with van der Waals surface area (Å²) >= 11 is 1.42. The van der Waals surface area contributed by atoms with Crippen molar-refractivity contribution in [1.29, 1.82) is 0 Å². The third kappa shape index (κ3) is 3.29. The summed E-state index contributed by atoms with van der Waals surface area (Å²) in [6.07, 6.45) is 0. The van der Waals surface area contributed by atoms with Gasteiger partial charge in [-0.25, -0.2) is 0 Å². The first-order valence-electron chi connectivity index (χ1n) is 5.86. The van der Waals surface area contributed by atoms with Crippen LogP contribution >= 0.6 is 11.8 Å². The number of amides is 1. The van der Waals surface area contributed by atoms with Crippen LogP contribution < -0.4 is 11.1 Å². The average Bonchev–Trinajstić information content (AvgIpc) is 2.70. The summed E-state index contributed by atoms with van der Waals surface area (Å²) in [5.74, 6) is 0.249. The number of carbonyl (C=O) groups is 1. The van der Waals surface area contributed by atoms with E-state index in [2.05, 4.69) is 15.5 Å². The van der Waals surface area contributed by atoms with Gasteiger partial charge in [-0.2, -0.15) is 5.10 Å². The Hall–Kier alpha value is -1.95. The quantitative estimate of drug-likeness (QED) is 0.591. The van der Waals surface area contributed by atoms with Crippen molar-refractivity contribution in [2.45, 2.75) is 18.7 Å². The van der Waals surface area contributed by atoms with Crippen LogP contribution in [0.3, 0.4) is 0 Å². The number of nitrogens with one attached hydrogen (secondary N) is 2. The number of anilines is 2. The average molecular weight is 276 g/mol. The van der Waals surface area contributed by atoms with Crippen LogP contribution in [0.15, 0.2) is 29.2 Å². The maximum absolute atomic E-state index is 11.9. The Labute approximate surface area is 116 Å². The number of aromatic nitrogens is 2. The molecule has 1 aromatic carbocycles. The molecular formula is C13H16N4OS. The molecule has 0 atom stereocenters. The molecule has 6 heteroatoms. The van der Waals surface area contributed by atoms with Crippen molar-refractivity contribution in [3.05, 3.63) is 35.7 Å². The number of H-pyrrole nitrogens is 1. The first-order valence-corrected chi connectivity index (χ1v) is 6.85. The second kappa shape index (κ2) is 5.79. The van der Waals surface area contributed by atoms with E-state index in [0.717, 1.165) is 22.0 Å². The van der Waals surface area contributed by atoms with Gasteiger partial charge in [-0.15, -0.1) is 11.8 Å². The fraction of sp³-hybridized carbons (Fsp3) is 0.231. The highest BCUT2D eigenvalue weighted by atomic mass is 32.2. The standard InChI is InChI=1S/C13H16N4OS/c1-8-13(9(2)17-16-8)15-12(18)7-19-11-6-4-3-5-10(11)14/h3-6H,7,14H2,1-2H3,(H,15,18)(H,16,17). The Morgan fingerprint density at radius 3 is 2.79 bits per heavy atom. The normalized spacial score (nSPS) is 10.4. The van der Waals surface area contributed by atoms with E-state index < -0.39 is 0 Å². The Morgan fingerprint density at radius 2 is 2.16 bits per heavy atom. The minimum Gasteiger partial charge on any atom is -0.398 e. The number of thioether (sulfide) groups is 1. The SMILES string of the molecule is Cc1n[nH]c(C)c1NC(=O)CSc1ccccc1N. The van der Waals surface area contributed by atoms with E-state index >= 15 is 0 Å². The molecule has 0 aliphatic heterocycles. The predicted octanol–water partition coefficient (Wildman–Crippen LogP) is 2.34. The lowest BCUT2D eigenvalue weighted by atomic mass is 10.3. The van der Waals surface area contributed by atoms with Crippen LogP contribution in [-0.4, -0.2) is 21.9 Å². The second-order valence-corrected chi connectivity index (χ2v) is 5.20. The Morgan fingerprint density at radius 1 is 1.42 bits per heavy atom. The van der Waals surface area contributed by atoms with Crippen LogP contribution in [0.4, 0.5) is 11.4 Å². The van der Waals surface area contributed by atoms with E-state index in [9.17, 15) is 4.79 Å². The highest BCUT2D eigenvalue weighted by Gasteiger charge is 2.10. The maximum Gasteiger partial charge on any atom is 0.234 e. The molecule has 0 radical (unpaired) electrons. The van der Waals surface area contributed by atoms with Gasteiger partial charge in [-0.1, -0.05) is 12.1 Å². The van der Waals surface area contributed by atoms with E-state index in [-0.39, 0.29) is 5.91 Å². The molecule has 5 nitrogen and oxygen atoms in total. The van der Waals surface area contributed by atoms with Crippen molar-refractivity contribution < 1.29 is 4.79 Å². The number of hydrogen-bond acceptors (Lipinski definition) is 4. The lowest BCUT2D eigenvalue weighted by Crippen LogP contribution is -2.15. The van der Waals surface area contributed by atoms with Crippen molar-refractivity contribution in [2.24, 2.45) is 0 Å². The van der Waals surface area contributed by atoms with Crippen LogP contribution in [0.25, 0.3) is 0 Å². The second-order valence-electron chi connectivity index (χ2n) is 4.18. The topological polar surface area (TPSA) is 83.8 Å². The lowest BCUT2D eigenvalue weighted by molar-refractivity contribution is -0.113. The number of nitrogens with zero attached hydrogens (tertiary/aromatic N) is 1. The number of nitrogens with two attached hydrogens (primary N) is 1. The molecule has 0 spiro atoms. The van der Waals surface area contributed by atoms with Crippen LogP contribution in [0.2, 0.25) is 0 Å². The number of carbonyl (C=O) groups excluding carboxylic acids is 1. The van der Waals surface area contributed by atoms with E-state index in [1.54, 1.807) is 0 Å². The fourth-order valence-corrected chi connectivity index (χ4v) is 2.43. The molecule has 4 N–H and O–H groups in total. The van der Waals surface area contributed by atoms with Gasteiger partial charge in [0.1, 0.15) is 0 Å². The molecule has 0 fully saturated rings. The number of nitrogen functional groups attached to an aromatic ring is 1. The van der Waals surface area contributed by atoms with Crippen molar-refractivity contribution in [1.82, 2.24) is 10.2 Å². The number of hydrogen-bond donors (Lipinski definition) is 3. The van der Waals surface area contributed by atoms with Gasteiger partial charge in [0, 0.05) is 10.6 Å². The summed E-state index contributed by atoms with van der Waals surface area (Å²) in [6, 6.07) is 7.50. The van der Waals surface area contributed by atoms with E-state index in [1.165, 1.54) is 11.8 Å². The molecule has 0 saturated carbocycles. The fourth-order valence-electron chi connectivity index (χ4n) is 1.67. The number of para-hydroxylation sites is 1. The van der Waals surface area contributed by atoms with Gasteiger partial charge in [0.15, 0.2) is 0 Å². The smallest absolute Gasteiger partial charge is 0.234 e. The molecule has 0 aliphatic rings. The highest BCUT2D eigenvalue weighted by molar-refractivity contribution is 8.00. The van der Waals surface area contributed by atoms with Gasteiger partial charge in [0.2, 0.25) is 5.91 Å². The number of rotatable bonds is 4. The molecule has 1 heterocycles. The summed E-state index contributed by atoms with van der Waals surface area (Å²) in [4.78, 5) is 12.8. The van der Waals surface area contributed by atoms with E-state index in [1.807, 2.05) is 38.1 Å². The maximum atomic E-state index is 11.9. The first kappa shape index (κ1) is 13.5. The zero-order chi connectivity index (χ0) is 13.8. The van der Waals surface area contributed by atoms with Gasteiger partial charge >= 0.3 is 0 Å². The van der Waals surface area contributed by atoms with Crippen LogP contribution in [0.1, 0.15) is 11.4 Å². The molecule has 0 aliphatic carbocycles. The summed E-state index contributed by atoms with van der Waals surface area (Å²) in [5, 5.41) is 9.72. The van der Waals surface area contributed by atoms with Gasteiger partial charge in [-0.05, 0) is 26.0 Å². The third-order valence-electron chi connectivity index (χ3n) is 2.67. The van der Waals surface area contributed by atoms with Gasteiger partial charge in [-0.3, -0.25) is 9.89 Å². The minimum absolute atomic E-state index is 0.0687. The molecule has 1 amide bonds. The van der Waals surface area contributed by atoms with Crippen LogP contribution in [0, 0.1) is 13.8 Å². The molecule has 2 rings (SSSR count). The molecule has 1 aromatic heterocycles. The van der Waals surface area contributed by atoms with Crippen molar-refractivity contribution in [3.8, 4) is 0 Å². The van der Waals surface area contributed by atoms with Gasteiger partial charge < -0.3 is 11.1 Å². The molecule has 19 heavy (non-hydrogen) atoms. The van der Waals surface area contributed by atoms with E-state index in [4.69, 9.17) is 5.73 Å². The van der Waals surface area contributed by atoms with Crippen molar-refractivity contribution in [2.75, 3.05) is 16.8 Å². The zero-order valence-electron chi connectivity index (χ0n) is 10.9. The molecule has 0 saturated heterocycles. The summed E-state index contributed by atoms with van der Waals surface area (Å²) in [6.45, 7) is 3.72. The lowest BCUT2D eigenvalue weighted by Gasteiger charge is -2.06. The first-order chi connectivity index (χ1) is 9.08. The minimum atomic E-state index is -0.0687. The highest BCUT2D eigenvalue weighted by Crippen LogP contribution is 2.24. The predicted molar refractivity (Wildman–Crippen MR) is 78.3 cm³/mol. The molecule has 0 unspecified atom stereocenters. The summed E-state index contributed by atoms with van der Waals surface area (Å²) in [7, 11) is 0. The summed E-state index contributed by atoms with van der Waals surface area (Å²) < 4.78 is 0. The molecule has 0 bridgehead atoms. The Balaban J connectivity index is 1.94. The molecular weight excluding hydrogens is 260 g/mol. The molecule has 100 valence electrons. The Bertz CT molecular complexity index is 575. The number of benzene rings is 1. The number of aromatic amines is 1. The van der Waals surface area contributed by atoms with Gasteiger partial charge in [0.05, 0.1) is 22.8 Å². The third-order valence-corrected chi connectivity index (χ3v) is 3.76. The van der Waals surface area contributed by atoms with Crippen molar-refractivity contribution >= 4 is 29.0 Å². The zero-order valence-corrected chi connectivity index (χ0v) is 11.7. The largest absolute Gasteiger partial charge is 0.398 e.